The monoisotopic (exact) mass is 367 g/mol. The normalized spacial score (nSPS) is 15.6. The molecule has 0 aliphatic carbocycles. The molecule has 0 spiro atoms. The molecule has 7 heteroatoms. The molecule has 4 rings (SSSR count). The molecule has 3 heterocycles. The number of amides is 1. The van der Waals surface area contributed by atoms with Crippen LogP contribution in [0.4, 0.5) is 0 Å². The molecule has 0 unspecified atom stereocenters. The molecule has 1 fully saturated rings. The number of carbonyl (C=O) groups is 1. The Morgan fingerprint density at radius 1 is 1.26 bits per heavy atom. The van der Waals surface area contributed by atoms with Crippen molar-refractivity contribution in [3.05, 3.63) is 51.3 Å². The summed E-state index contributed by atoms with van der Waals surface area (Å²) in [5.41, 5.74) is 3.78. The SMILES string of the molecule is CCn1c(C2CCN(C(=O)c3cccc4c(C)c(C)[nH]c34)CC2)n[nH]c1=O. The summed E-state index contributed by atoms with van der Waals surface area (Å²) in [6.45, 7) is 8.00. The highest BCUT2D eigenvalue weighted by molar-refractivity contribution is 6.06. The van der Waals surface area contributed by atoms with Crippen LogP contribution < -0.4 is 5.69 Å². The molecule has 1 aliphatic rings. The molecule has 0 atom stereocenters. The van der Waals surface area contributed by atoms with E-state index >= 15 is 0 Å². The summed E-state index contributed by atoms with van der Waals surface area (Å²) in [5.74, 6) is 1.08. The van der Waals surface area contributed by atoms with E-state index in [4.69, 9.17) is 0 Å². The maximum absolute atomic E-state index is 13.1. The predicted molar refractivity (Wildman–Crippen MR) is 104 cm³/mol. The fraction of sp³-hybridized carbons (Fsp3) is 0.450. The van der Waals surface area contributed by atoms with Crippen LogP contribution in [0.3, 0.4) is 0 Å². The summed E-state index contributed by atoms with van der Waals surface area (Å²) in [4.78, 5) is 30.2. The number of aromatic amines is 2. The van der Waals surface area contributed by atoms with Crippen LogP contribution in [-0.4, -0.2) is 43.6 Å². The van der Waals surface area contributed by atoms with Crippen molar-refractivity contribution < 1.29 is 4.79 Å². The van der Waals surface area contributed by atoms with E-state index in [1.165, 1.54) is 5.56 Å². The van der Waals surface area contributed by atoms with Gasteiger partial charge in [0.1, 0.15) is 5.82 Å². The van der Waals surface area contributed by atoms with Gasteiger partial charge in [0, 0.05) is 36.6 Å². The number of H-pyrrole nitrogens is 2. The van der Waals surface area contributed by atoms with Gasteiger partial charge in [0.25, 0.3) is 5.91 Å². The molecular formula is C20H25N5O2. The topological polar surface area (TPSA) is 86.8 Å². The Labute approximate surface area is 157 Å². The van der Waals surface area contributed by atoms with Gasteiger partial charge >= 0.3 is 5.69 Å². The minimum atomic E-state index is -0.157. The Hall–Kier alpha value is -2.83. The van der Waals surface area contributed by atoms with E-state index in [2.05, 4.69) is 28.2 Å². The van der Waals surface area contributed by atoms with Crippen LogP contribution in [0, 0.1) is 13.8 Å². The second-order valence-corrected chi connectivity index (χ2v) is 7.30. The molecule has 142 valence electrons. The van der Waals surface area contributed by atoms with Crippen molar-refractivity contribution in [2.75, 3.05) is 13.1 Å². The molecule has 1 amide bonds. The van der Waals surface area contributed by atoms with Crippen LogP contribution in [0.1, 0.15) is 53.1 Å². The highest BCUT2D eigenvalue weighted by atomic mass is 16.2. The minimum absolute atomic E-state index is 0.0650. The zero-order valence-corrected chi connectivity index (χ0v) is 16.0. The minimum Gasteiger partial charge on any atom is -0.358 e. The highest BCUT2D eigenvalue weighted by Gasteiger charge is 2.28. The molecule has 0 bridgehead atoms. The molecule has 2 N–H and O–H groups in total. The van der Waals surface area contributed by atoms with Crippen molar-refractivity contribution >= 4 is 16.8 Å². The largest absolute Gasteiger partial charge is 0.358 e. The third kappa shape index (κ3) is 2.87. The number of rotatable bonds is 3. The van der Waals surface area contributed by atoms with Crippen LogP contribution in [0.15, 0.2) is 23.0 Å². The third-order valence-electron chi connectivity index (χ3n) is 5.83. The van der Waals surface area contributed by atoms with Crippen molar-refractivity contribution in [1.82, 2.24) is 24.6 Å². The van der Waals surface area contributed by atoms with Gasteiger partial charge in [-0.1, -0.05) is 12.1 Å². The average Bonchev–Trinajstić information content (AvgIpc) is 3.20. The van der Waals surface area contributed by atoms with Crippen molar-refractivity contribution in [2.45, 2.75) is 46.1 Å². The second kappa shape index (κ2) is 6.72. The van der Waals surface area contributed by atoms with Gasteiger partial charge in [0.2, 0.25) is 0 Å². The molecule has 1 saturated heterocycles. The van der Waals surface area contributed by atoms with Gasteiger partial charge < -0.3 is 9.88 Å². The standard InChI is InChI=1S/C20H25N5O2/c1-4-25-18(22-23-20(25)27)14-8-10-24(11-9-14)19(26)16-7-5-6-15-12(2)13(3)21-17(15)16/h5-7,14,21H,4,8-11H2,1-3H3,(H,23,27). The van der Waals surface area contributed by atoms with Gasteiger partial charge in [-0.05, 0) is 45.2 Å². The van der Waals surface area contributed by atoms with E-state index in [1.54, 1.807) is 4.57 Å². The first-order valence-electron chi connectivity index (χ1n) is 9.53. The molecule has 0 saturated carbocycles. The zero-order valence-electron chi connectivity index (χ0n) is 16.0. The number of hydrogen-bond donors (Lipinski definition) is 2. The van der Waals surface area contributed by atoms with Crippen LogP contribution in [0.2, 0.25) is 0 Å². The summed E-state index contributed by atoms with van der Waals surface area (Å²) in [5, 5.41) is 7.86. The lowest BCUT2D eigenvalue weighted by Crippen LogP contribution is -2.38. The highest BCUT2D eigenvalue weighted by Crippen LogP contribution is 2.29. The number of hydrogen-bond acceptors (Lipinski definition) is 3. The molecule has 7 nitrogen and oxygen atoms in total. The van der Waals surface area contributed by atoms with Crippen LogP contribution >= 0.6 is 0 Å². The van der Waals surface area contributed by atoms with Crippen LogP contribution in [0.25, 0.3) is 10.9 Å². The Kier molecular flexibility index (Phi) is 4.37. The number of para-hydroxylation sites is 1. The maximum Gasteiger partial charge on any atom is 0.343 e. The Balaban J connectivity index is 1.54. The summed E-state index contributed by atoms with van der Waals surface area (Å²) >= 11 is 0. The summed E-state index contributed by atoms with van der Waals surface area (Å²) in [6.07, 6.45) is 1.63. The summed E-state index contributed by atoms with van der Waals surface area (Å²) in [7, 11) is 0. The van der Waals surface area contributed by atoms with Gasteiger partial charge in [-0.3, -0.25) is 9.36 Å². The van der Waals surface area contributed by atoms with E-state index in [-0.39, 0.29) is 17.5 Å². The van der Waals surface area contributed by atoms with Gasteiger partial charge in [-0.15, -0.1) is 0 Å². The van der Waals surface area contributed by atoms with Gasteiger partial charge in [-0.25, -0.2) is 9.89 Å². The number of benzene rings is 1. The first kappa shape index (κ1) is 17.6. The Morgan fingerprint density at radius 3 is 2.70 bits per heavy atom. The second-order valence-electron chi connectivity index (χ2n) is 7.30. The molecule has 27 heavy (non-hydrogen) atoms. The van der Waals surface area contributed by atoms with Crippen molar-refractivity contribution in [3.8, 4) is 0 Å². The van der Waals surface area contributed by atoms with Crippen molar-refractivity contribution in [1.29, 1.82) is 0 Å². The number of carbonyl (C=O) groups excluding carboxylic acids is 1. The number of likely N-dealkylation sites (tertiary alicyclic amines) is 1. The number of aromatic nitrogens is 4. The lowest BCUT2D eigenvalue weighted by molar-refractivity contribution is 0.0712. The maximum atomic E-state index is 13.1. The fourth-order valence-corrected chi connectivity index (χ4v) is 4.12. The Morgan fingerprint density at radius 2 is 2.00 bits per heavy atom. The van der Waals surface area contributed by atoms with Gasteiger partial charge in [-0.2, -0.15) is 5.10 Å². The van der Waals surface area contributed by atoms with Gasteiger partial charge in [0.15, 0.2) is 0 Å². The number of nitrogens with zero attached hydrogens (tertiary/aromatic N) is 3. The predicted octanol–water partition coefficient (Wildman–Crippen LogP) is 2.71. The van der Waals surface area contributed by atoms with E-state index < -0.39 is 0 Å². The van der Waals surface area contributed by atoms with Crippen LogP contribution in [0.5, 0.6) is 0 Å². The van der Waals surface area contributed by atoms with E-state index in [1.807, 2.05) is 30.9 Å². The summed E-state index contributed by atoms with van der Waals surface area (Å²) < 4.78 is 1.69. The molecule has 3 aromatic rings. The van der Waals surface area contributed by atoms with E-state index in [0.29, 0.717) is 19.6 Å². The number of nitrogens with one attached hydrogen (secondary N) is 2. The van der Waals surface area contributed by atoms with E-state index in [0.717, 1.165) is 40.8 Å². The fourth-order valence-electron chi connectivity index (χ4n) is 4.12. The number of piperidine rings is 1. The first-order valence-corrected chi connectivity index (χ1v) is 9.53. The third-order valence-corrected chi connectivity index (χ3v) is 5.83. The Bertz CT molecular complexity index is 1050. The molecule has 2 aromatic heterocycles. The lowest BCUT2D eigenvalue weighted by atomic mass is 9.95. The molecule has 1 aromatic carbocycles. The molecule has 0 radical (unpaired) electrons. The quantitative estimate of drug-likeness (QED) is 0.746. The zero-order chi connectivity index (χ0) is 19.1. The van der Waals surface area contributed by atoms with Gasteiger partial charge in [0.05, 0.1) is 11.1 Å². The lowest BCUT2D eigenvalue weighted by Gasteiger charge is -2.31. The molecule has 1 aliphatic heterocycles. The van der Waals surface area contributed by atoms with E-state index in [9.17, 15) is 9.59 Å². The first-order chi connectivity index (χ1) is 13.0. The number of fused-ring (bicyclic) bond motifs is 1. The average molecular weight is 367 g/mol. The van der Waals surface area contributed by atoms with Crippen LogP contribution in [-0.2, 0) is 6.54 Å². The molecular weight excluding hydrogens is 342 g/mol. The van der Waals surface area contributed by atoms with Crippen molar-refractivity contribution in [2.24, 2.45) is 0 Å². The number of aryl methyl sites for hydroxylation is 2. The summed E-state index contributed by atoms with van der Waals surface area (Å²) in [6, 6.07) is 5.90. The van der Waals surface area contributed by atoms with Crippen molar-refractivity contribution in [3.63, 3.8) is 0 Å². The smallest absolute Gasteiger partial charge is 0.343 e.